The largest absolute Gasteiger partial charge is 0.493 e. The summed E-state index contributed by atoms with van der Waals surface area (Å²) in [4.78, 5) is 12.3. The van der Waals surface area contributed by atoms with Gasteiger partial charge in [0.1, 0.15) is 5.75 Å². The zero-order valence-electron chi connectivity index (χ0n) is 11.8. The fraction of sp³-hybridized carbons (Fsp3) is 0.118. The third kappa shape index (κ3) is 2.25. The van der Waals surface area contributed by atoms with E-state index in [0.717, 1.165) is 5.56 Å². The summed E-state index contributed by atoms with van der Waals surface area (Å²) in [6.45, 7) is 0. The second-order valence-corrected chi connectivity index (χ2v) is 4.52. The topological polar surface area (TPSA) is 44.8 Å². The van der Waals surface area contributed by atoms with E-state index >= 15 is 0 Å². The maximum atomic E-state index is 12.3. The summed E-state index contributed by atoms with van der Waals surface area (Å²) < 4.78 is 16.2. The van der Waals surface area contributed by atoms with Crippen molar-refractivity contribution in [2.24, 2.45) is 0 Å². The molecular formula is C17H14O4. The Balaban J connectivity index is 2.03. The van der Waals surface area contributed by atoms with E-state index in [4.69, 9.17) is 14.2 Å². The predicted octanol–water partition coefficient (Wildman–Crippen LogP) is 3.32. The number of carbonyl (C=O) groups excluding carboxylic acids is 1. The number of benzene rings is 2. The van der Waals surface area contributed by atoms with Gasteiger partial charge in [0.2, 0.25) is 5.78 Å². The minimum atomic E-state index is -0.129. The fourth-order valence-corrected chi connectivity index (χ4v) is 2.30. The lowest BCUT2D eigenvalue weighted by Crippen LogP contribution is -1.99. The molecule has 0 N–H and O–H groups in total. The van der Waals surface area contributed by atoms with Crippen molar-refractivity contribution in [1.29, 1.82) is 0 Å². The van der Waals surface area contributed by atoms with Crippen LogP contribution in [0.4, 0.5) is 0 Å². The van der Waals surface area contributed by atoms with Gasteiger partial charge >= 0.3 is 0 Å². The molecule has 1 aliphatic rings. The molecule has 3 rings (SSSR count). The molecule has 0 unspecified atom stereocenters. The van der Waals surface area contributed by atoms with Gasteiger partial charge in [-0.05, 0) is 24.3 Å². The highest BCUT2D eigenvalue weighted by Gasteiger charge is 2.27. The van der Waals surface area contributed by atoms with Crippen molar-refractivity contribution in [1.82, 2.24) is 0 Å². The van der Waals surface area contributed by atoms with Crippen molar-refractivity contribution < 1.29 is 19.0 Å². The molecule has 2 aromatic carbocycles. The van der Waals surface area contributed by atoms with E-state index in [2.05, 4.69) is 0 Å². The highest BCUT2D eigenvalue weighted by atomic mass is 16.5. The Kier molecular flexibility index (Phi) is 3.36. The van der Waals surface area contributed by atoms with Gasteiger partial charge < -0.3 is 14.2 Å². The summed E-state index contributed by atoms with van der Waals surface area (Å²) >= 11 is 0. The Morgan fingerprint density at radius 2 is 1.81 bits per heavy atom. The van der Waals surface area contributed by atoms with Crippen molar-refractivity contribution in [2.75, 3.05) is 14.2 Å². The van der Waals surface area contributed by atoms with Crippen molar-refractivity contribution >= 4 is 11.9 Å². The van der Waals surface area contributed by atoms with E-state index < -0.39 is 0 Å². The second-order valence-electron chi connectivity index (χ2n) is 4.52. The van der Waals surface area contributed by atoms with Gasteiger partial charge in [-0.1, -0.05) is 24.3 Å². The quantitative estimate of drug-likeness (QED) is 0.810. The molecule has 0 spiro atoms. The minimum Gasteiger partial charge on any atom is -0.493 e. The molecule has 1 heterocycles. The van der Waals surface area contributed by atoms with Crippen LogP contribution in [0, 0.1) is 0 Å². The van der Waals surface area contributed by atoms with Gasteiger partial charge in [0.15, 0.2) is 17.3 Å². The zero-order chi connectivity index (χ0) is 14.8. The summed E-state index contributed by atoms with van der Waals surface area (Å²) in [6.07, 6.45) is 1.67. The molecule has 0 saturated carbocycles. The maximum Gasteiger partial charge on any atom is 0.231 e. The normalized spacial score (nSPS) is 14.8. The highest BCUT2D eigenvalue weighted by Crippen LogP contribution is 2.35. The number of rotatable bonds is 3. The number of hydrogen-bond donors (Lipinski definition) is 0. The first kappa shape index (κ1) is 13.2. The second kappa shape index (κ2) is 5.32. The number of para-hydroxylation sites is 2. The minimum absolute atomic E-state index is 0.129. The number of ether oxygens (including phenoxy) is 3. The molecule has 4 nitrogen and oxygen atoms in total. The van der Waals surface area contributed by atoms with Crippen LogP contribution < -0.4 is 14.2 Å². The Hall–Kier alpha value is -2.75. The van der Waals surface area contributed by atoms with Crippen LogP contribution in [0.15, 0.2) is 48.2 Å². The molecule has 106 valence electrons. The molecule has 0 aromatic heterocycles. The molecule has 0 fully saturated rings. The van der Waals surface area contributed by atoms with Crippen molar-refractivity contribution in [3.05, 3.63) is 59.4 Å². The third-order valence-electron chi connectivity index (χ3n) is 3.30. The van der Waals surface area contributed by atoms with E-state index in [1.165, 1.54) is 0 Å². The molecule has 21 heavy (non-hydrogen) atoms. The number of fused-ring (bicyclic) bond motifs is 1. The van der Waals surface area contributed by atoms with Gasteiger partial charge in [-0.25, -0.2) is 0 Å². The van der Waals surface area contributed by atoms with Crippen molar-refractivity contribution in [3.63, 3.8) is 0 Å². The van der Waals surface area contributed by atoms with Crippen LogP contribution in [0.5, 0.6) is 17.2 Å². The smallest absolute Gasteiger partial charge is 0.231 e. The Bertz CT molecular complexity index is 731. The summed E-state index contributed by atoms with van der Waals surface area (Å²) in [5.74, 6) is 1.91. The third-order valence-corrected chi connectivity index (χ3v) is 3.30. The summed E-state index contributed by atoms with van der Waals surface area (Å²) in [6, 6.07) is 12.6. The first-order valence-corrected chi connectivity index (χ1v) is 6.49. The number of carbonyl (C=O) groups is 1. The standard InChI is InChI=1S/C17H14O4/c1-19-14-9-5-6-11(17(14)20-2)10-15-16(18)12-7-3-4-8-13(12)21-15/h3-10H,1-2H3/b15-10-. The molecule has 4 heteroatoms. The predicted molar refractivity (Wildman–Crippen MR) is 78.9 cm³/mol. The van der Waals surface area contributed by atoms with Gasteiger partial charge in [0.05, 0.1) is 19.8 Å². The number of methoxy groups -OCH3 is 2. The van der Waals surface area contributed by atoms with Crippen LogP contribution in [0.1, 0.15) is 15.9 Å². The fourth-order valence-electron chi connectivity index (χ4n) is 2.30. The number of hydrogen-bond acceptors (Lipinski definition) is 4. The van der Waals surface area contributed by atoms with Crippen LogP contribution in [0.2, 0.25) is 0 Å². The van der Waals surface area contributed by atoms with E-state index in [9.17, 15) is 4.79 Å². The van der Waals surface area contributed by atoms with Gasteiger partial charge in [-0.3, -0.25) is 4.79 Å². The molecule has 2 aromatic rings. The summed E-state index contributed by atoms with van der Waals surface area (Å²) in [5.41, 5.74) is 1.30. The molecule has 0 saturated heterocycles. The lowest BCUT2D eigenvalue weighted by atomic mass is 10.1. The molecule has 0 atom stereocenters. The Morgan fingerprint density at radius 3 is 2.52 bits per heavy atom. The number of ketones is 1. The van der Waals surface area contributed by atoms with Gasteiger partial charge in [0.25, 0.3) is 0 Å². The molecule has 1 aliphatic heterocycles. The van der Waals surface area contributed by atoms with Crippen molar-refractivity contribution in [2.45, 2.75) is 0 Å². The van der Waals surface area contributed by atoms with Crippen LogP contribution in [-0.2, 0) is 0 Å². The maximum absolute atomic E-state index is 12.3. The van der Waals surface area contributed by atoms with Crippen LogP contribution >= 0.6 is 0 Å². The first-order valence-electron chi connectivity index (χ1n) is 6.49. The molecule has 0 bridgehead atoms. The first-order chi connectivity index (χ1) is 10.2. The summed E-state index contributed by atoms with van der Waals surface area (Å²) in [7, 11) is 3.13. The van der Waals surface area contributed by atoms with Crippen LogP contribution in [0.3, 0.4) is 0 Å². The van der Waals surface area contributed by atoms with Crippen LogP contribution in [0.25, 0.3) is 6.08 Å². The average molecular weight is 282 g/mol. The Labute approximate surface area is 122 Å². The average Bonchev–Trinajstić information content (AvgIpc) is 2.83. The molecule has 0 amide bonds. The highest BCUT2D eigenvalue weighted by molar-refractivity contribution is 6.14. The summed E-state index contributed by atoms with van der Waals surface area (Å²) in [5, 5.41) is 0. The lowest BCUT2D eigenvalue weighted by molar-refractivity contribution is 0.101. The van der Waals surface area contributed by atoms with Gasteiger partial charge in [-0.15, -0.1) is 0 Å². The molecule has 0 aliphatic carbocycles. The van der Waals surface area contributed by atoms with Crippen molar-refractivity contribution in [3.8, 4) is 17.2 Å². The van der Waals surface area contributed by atoms with E-state index in [0.29, 0.717) is 22.8 Å². The molecule has 0 radical (unpaired) electrons. The number of Topliss-reactive ketones (excluding diaryl/α,β-unsaturated/α-hetero) is 1. The van der Waals surface area contributed by atoms with E-state index in [-0.39, 0.29) is 11.5 Å². The van der Waals surface area contributed by atoms with Gasteiger partial charge in [-0.2, -0.15) is 0 Å². The van der Waals surface area contributed by atoms with E-state index in [1.807, 2.05) is 24.3 Å². The van der Waals surface area contributed by atoms with Crippen LogP contribution in [-0.4, -0.2) is 20.0 Å². The lowest BCUT2D eigenvalue weighted by Gasteiger charge is -2.10. The number of allylic oxidation sites excluding steroid dienone is 1. The molecular weight excluding hydrogens is 268 g/mol. The van der Waals surface area contributed by atoms with Gasteiger partial charge in [0, 0.05) is 5.56 Å². The van der Waals surface area contributed by atoms with E-state index in [1.54, 1.807) is 38.5 Å². The SMILES string of the molecule is COc1cccc(/C=C2\Oc3ccccc3C2=O)c1OC. The Morgan fingerprint density at radius 1 is 1.00 bits per heavy atom. The zero-order valence-corrected chi connectivity index (χ0v) is 11.8. The monoisotopic (exact) mass is 282 g/mol.